The van der Waals surface area contributed by atoms with Gasteiger partial charge in [0.25, 0.3) is 5.91 Å². The average molecular weight is 678 g/mol. The van der Waals surface area contributed by atoms with Crippen molar-refractivity contribution in [1.29, 1.82) is 0 Å². The standard InChI is InChI=1S/C34H46F3N5O4S/c1-5-28(43)39-29(32(45)42-16-14-41(4)15-17-42)22(3)24-12-13-27(26(35)19-24)38-31(44)30(23-10-8-6-7-9-11-23)40-33(46)34(36,37)25-18-21(2)47-20-25/h12-13,18-20,22-23,29-30H,5-11,14-17H2,1-4H3,(H,38,44)(H,39,43)(H,40,46)/t22-,29+,30-/m0/s1. The third-order valence-corrected chi connectivity index (χ3v) is 10.2. The molecule has 9 nitrogen and oxygen atoms in total. The molecule has 2 fully saturated rings. The fourth-order valence-corrected chi connectivity index (χ4v) is 6.96. The van der Waals surface area contributed by atoms with Crippen molar-refractivity contribution in [2.24, 2.45) is 5.92 Å². The number of nitrogens with one attached hydrogen (secondary N) is 3. The summed E-state index contributed by atoms with van der Waals surface area (Å²) in [5.74, 6) is -8.54. The van der Waals surface area contributed by atoms with Gasteiger partial charge in [-0.25, -0.2) is 4.39 Å². The van der Waals surface area contributed by atoms with Crippen LogP contribution in [0.15, 0.2) is 29.6 Å². The highest BCUT2D eigenvalue weighted by Crippen LogP contribution is 2.33. The second kappa shape index (κ2) is 16.1. The summed E-state index contributed by atoms with van der Waals surface area (Å²) in [5.41, 5.74) is -0.185. The van der Waals surface area contributed by atoms with E-state index in [2.05, 4.69) is 20.9 Å². The Balaban J connectivity index is 1.53. The number of anilines is 1. The second-order valence-electron chi connectivity index (χ2n) is 12.8. The molecule has 1 saturated carbocycles. The zero-order chi connectivity index (χ0) is 34.3. The van der Waals surface area contributed by atoms with Crippen molar-refractivity contribution in [2.75, 3.05) is 38.5 Å². The number of hydrogen-bond acceptors (Lipinski definition) is 6. The molecule has 0 radical (unpaired) electrons. The fraction of sp³-hybridized carbons (Fsp3) is 0.588. The summed E-state index contributed by atoms with van der Waals surface area (Å²) in [7, 11) is 1.97. The summed E-state index contributed by atoms with van der Waals surface area (Å²) in [4.78, 5) is 56.9. The van der Waals surface area contributed by atoms with Crippen molar-refractivity contribution in [2.45, 2.75) is 89.6 Å². The number of piperazine rings is 1. The summed E-state index contributed by atoms with van der Waals surface area (Å²) >= 11 is 1.10. The predicted octanol–water partition coefficient (Wildman–Crippen LogP) is 5.15. The van der Waals surface area contributed by atoms with Gasteiger partial charge in [-0.1, -0.05) is 45.6 Å². The third kappa shape index (κ3) is 9.13. The van der Waals surface area contributed by atoms with Gasteiger partial charge in [0.15, 0.2) is 0 Å². The minimum absolute atomic E-state index is 0.177. The lowest BCUT2D eigenvalue weighted by Gasteiger charge is -2.36. The molecule has 1 aromatic carbocycles. The number of alkyl halides is 2. The Kier molecular flexibility index (Phi) is 12.5. The summed E-state index contributed by atoms with van der Waals surface area (Å²) in [6.07, 6.45) is 4.75. The Morgan fingerprint density at radius 1 is 1.00 bits per heavy atom. The molecule has 4 amide bonds. The maximum Gasteiger partial charge on any atom is 0.350 e. The molecule has 258 valence electrons. The van der Waals surface area contributed by atoms with Crippen molar-refractivity contribution in [3.8, 4) is 0 Å². The van der Waals surface area contributed by atoms with Gasteiger partial charge in [0, 0.05) is 54.3 Å². The van der Waals surface area contributed by atoms with Crippen LogP contribution in [0.3, 0.4) is 0 Å². The van der Waals surface area contributed by atoms with Crippen LogP contribution in [0.25, 0.3) is 0 Å². The molecule has 13 heteroatoms. The lowest BCUT2D eigenvalue weighted by atomic mass is 9.90. The summed E-state index contributed by atoms with van der Waals surface area (Å²) in [6, 6.07) is 3.16. The van der Waals surface area contributed by atoms with Gasteiger partial charge in [-0.2, -0.15) is 8.78 Å². The Bertz CT molecular complexity index is 1420. The van der Waals surface area contributed by atoms with E-state index in [0.29, 0.717) is 49.5 Å². The Hall–Kier alpha value is -3.45. The number of amides is 4. The van der Waals surface area contributed by atoms with Crippen molar-refractivity contribution in [1.82, 2.24) is 20.4 Å². The lowest BCUT2D eigenvalue weighted by Crippen LogP contribution is -2.55. The van der Waals surface area contributed by atoms with E-state index in [4.69, 9.17) is 0 Å². The molecule has 1 aliphatic carbocycles. The number of carbonyl (C=O) groups excluding carboxylic acids is 4. The molecular formula is C34H46F3N5O4S. The quantitative estimate of drug-likeness (QED) is 0.285. The Morgan fingerprint density at radius 3 is 2.23 bits per heavy atom. The van der Waals surface area contributed by atoms with Crippen LogP contribution < -0.4 is 16.0 Å². The molecular weight excluding hydrogens is 631 g/mol. The van der Waals surface area contributed by atoms with Crippen LogP contribution in [0.1, 0.15) is 80.7 Å². The van der Waals surface area contributed by atoms with Gasteiger partial charge < -0.3 is 25.8 Å². The molecule has 2 aliphatic rings. The molecule has 1 aliphatic heterocycles. The number of thiophene rings is 1. The molecule has 0 spiro atoms. The monoisotopic (exact) mass is 677 g/mol. The SMILES string of the molecule is CCC(=O)N[C@@H](C(=O)N1CCN(C)CC1)[C@@H](C)c1ccc(NC(=O)[C@@H](NC(=O)C(F)(F)c2csc(C)c2)C2CCCCCC2)c(F)c1. The number of halogens is 3. The highest BCUT2D eigenvalue weighted by molar-refractivity contribution is 7.10. The number of benzene rings is 1. The van der Waals surface area contributed by atoms with E-state index >= 15 is 13.2 Å². The molecule has 3 atom stereocenters. The Morgan fingerprint density at radius 2 is 1.66 bits per heavy atom. The van der Waals surface area contributed by atoms with Gasteiger partial charge in [-0.05, 0) is 56.5 Å². The van der Waals surface area contributed by atoms with E-state index in [-0.39, 0.29) is 23.9 Å². The fourth-order valence-electron chi connectivity index (χ4n) is 6.23. The van der Waals surface area contributed by atoms with E-state index in [0.717, 1.165) is 37.0 Å². The number of nitrogens with zero attached hydrogens (tertiary/aromatic N) is 2. The van der Waals surface area contributed by atoms with Crippen LogP contribution in [-0.2, 0) is 25.1 Å². The largest absolute Gasteiger partial charge is 0.350 e. The average Bonchev–Trinajstić information content (AvgIpc) is 3.32. The number of aryl methyl sites for hydroxylation is 1. The molecule has 4 rings (SSSR count). The second-order valence-corrected chi connectivity index (χ2v) is 13.9. The van der Waals surface area contributed by atoms with E-state index in [1.165, 1.54) is 23.6 Å². The summed E-state index contributed by atoms with van der Waals surface area (Å²) in [5, 5.41) is 8.86. The number of carbonyl (C=O) groups is 4. The van der Waals surface area contributed by atoms with Crippen LogP contribution in [0.5, 0.6) is 0 Å². The third-order valence-electron chi connectivity index (χ3n) is 9.31. The zero-order valence-corrected chi connectivity index (χ0v) is 28.4. The van der Waals surface area contributed by atoms with Crippen molar-refractivity contribution in [3.05, 3.63) is 51.5 Å². The molecule has 0 unspecified atom stereocenters. The molecule has 2 aromatic rings. The van der Waals surface area contributed by atoms with Crippen LogP contribution in [0, 0.1) is 18.7 Å². The van der Waals surface area contributed by atoms with E-state index in [1.807, 2.05) is 7.05 Å². The maximum absolute atomic E-state index is 15.6. The molecule has 1 aromatic heterocycles. The van der Waals surface area contributed by atoms with Gasteiger partial charge in [-0.15, -0.1) is 11.3 Å². The Labute approximate surface area is 278 Å². The first-order valence-electron chi connectivity index (χ1n) is 16.4. The van der Waals surface area contributed by atoms with Crippen LogP contribution in [-0.4, -0.2) is 78.7 Å². The van der Waals surface area contributed by atoms with Gasteiger partial charge in [0.1, 0.15) is 17.9 Å². The van der Waals surface area contributed by atoms with E-state index in [1.54, 1.807) is 31.7 Å². The van der Waals surface area contributed by atoms with Gasteiger partial charge >= 0.3 is 5.92 Å². The first-order chi connectivity index (χ1) is 22.3. The molecule has 47 heavy (non-hydrogen) atoms. The van der Waals surface area contributed by atoms with Crippen molar-refractivity contribution < 1.29 is 32.3 Å². The normalized spacial score (nSPS) is 18.5. The van der Waals surface area contributed by atoms with Gasteiger partial charge in [0.2, 0.25) is 17.7 Å². The first kappa shape index (κ1) is 36.4. The number of likely N-dealkylation sites (N-methyl/N-ethyl adjacent to an activating group) is 1. The van der Waals surface area contributed by atoms with Crippen LogP contribution >= 0.6 is 11.3 Å². The lowest BCUT2D eigenvalue weighted by molar-refractivity contribution is -0.149. The highest BCUT2D eigenvalue weighted by atomic mass is 32.1. The zero-order valence-electron chi connectivity index (χ0n) is 27.5. The van der Waals surface area contributed by atoms with Crippen molar-refractivity contribution >= 4 is 40.7 Å². The highest BCUT2D eigenvalue weighted by Gasteiger charge is 2.44. The minimum atomic E-state index is -3.84. The molecule has 1 saturated heterocycles. The first-order valence-corrected chi connectivity index (χ1v) is 17.3. The molecule has 2 heterocycles. The van der Waals surface area contributed by atoms with E-state index < -0.39 is 53.0 Å². The topological polar surface area (TPSA) is 111 Å². The van der Waals surface area contributed by atoms with Crippen molar-refractivity contribution in [3.63, 3.8) is 0 Å². The van der Waals surface area contributed by atoms with E-state index in [9.17, 15) is 19.2 Å². The molecule has 3 N–H and O–H groups in total. The van der Waals surface area contributed by atoms with Crippen LogP contribution in [0.2, 0.25) is 0 Å². The summed E-state index contributed by atoms with van der Waals surface area (Å²) < 4.78 is 45.9. The maximum atomic E-state index is 15.6. The number of hydrogen-bond donors (Lipinski definition) is 3. The smallest absolute Gasteiger partial charge is 0.344 e. The predicted molar refractivity (Wildman–Crippen MR) is 176 cm³/mol. The number of rotatable bonds is 11. The van der Waals surface area contributed by atoms with Gasteiger partial charge in [-0.3, -0.25) is 19.2 Å². The van der Waals surface area contributed by atoms with Crippen LogP contribution in [0.4, 0.5) is 18.9 Å². The minimum Gasteiger partial charge on any atom is -0.344 e. The van der Waals surface area contributed by atoms with Gasteiger partial charge in [0.05, 0.1) is 5.69 Å². The summed E-state index contributed by atoms with van der Waals surface area (Å²) in [6.45, 7) is 7.50. The molecule has 0 bridgehead atoms.